The summed E-state index contributed by atoms with van der Waals surface area (Å²) in [7, 11) is 0. The molecule has 2 aromatic heterocycles. The highest BCUT2D eigenvalue weighted by molar-refractivity contribution is 7.99. The standard InChI is InChI=1S/C30H26N2O4S/c1-20-24-15-16-26(21(2)28(24)36-29(33)25(20)18-23-12-7-4-8-13-23)34-19-27-31-32-30(35-27)37-17-9-14-22-10-5-3-6-11-22/h3-16H,17-19H2,1-2H3/b14-9+. The SMILES string of the molecule is Cc1c(Cc2ccccc2)c(=O)oc2c(C)c(OCc3nnc(SC/C=C/c4ccccc4)o3)ccc12. The number of fused-ring (bicyclic) bond motifs is 1. The maximum atomic E-state index is 12.8. The zero-order valence-electron chi connectivity index (χ0n) is 20.6. The van der Waals surface area contributed by atoms with Gasteiger partial charge in [-0.1, -0.05) is 84.6 Å². The van der Waals surface area contributed by atoms with Crippen molar-refractivity contribution in [1.29, 1.82) is 0 Å². The van der Waals surface area contributed by atoms with Crippen LogP contribution in [0.25, 0.3) is 17.0 Å². The van der Waals surface area contributed by atoms with E-state index in [-0.39, 0.29) is 12.2 Å². The molecule has 0 saturated heterocycles. The number of ether oxygens (including phenoxy) is 1. The Morgan fingerprint density at radius 2 is 1.65 bits per heavy atom. The van der Waals surface area contributed by atoms with E-state index in [9.17, 15) is 4.79 Å². The normalized spacial score (nSPS) is 11.4. The summed E-state index contributed by atoms with van der Waals surface area (Å²) in [5.74, 6) is 1.69. The van der Waals surface area contributed by atoms with Crippen LogP contribution in [0.15, 0.2) is 97.7 Å². The summed E-state index contributed by atoms with van der Waals surface area (Å²) in [6.07, 6.45) is 4.64. The Morgan fingerprint density at radius 1 is 0.892 bits per heavy atom. The summed E-state index contributed by atoms with van der Waals surface area (Å²) < 4.78 is 17.4. The van der Waals surface area contributed by atoms with Gasteiger partial charge in [-0.25, -0.2) is 4.79 Å². The fraction of sp³-hybridized carbons (Fsp3) is 0.167. The topological polar surface area (TPSA) is 78.4 Å². The summed E-state index contributed by atoms with van der Waals surface area (Å²) >= 11 is 1.46. The average Bonchev–Trinajstić information content (AvgIpc) is 3.38. The first-order chi connectivity index (χ1) is 18.1. The van der Waals surface area contributed by atoms with E-state index in [1.165, 1.54) is 11.8 Å². The fourth-order valence-corrected chi connectivity index (χ4v) is 4.68. The first-order valence-corrected chi connectivity index (χ1v) is 13.0. The van der Waals surface area contributed by atoms with Gasteiger partial charge in [0.05, 0.1) is 0 Å². The molecular weight excluding hydrogens is 484 g/mol. The Hall–Kier alpha value is -4.10. The van der Waals surface area contributed by atoms with Crippen molar-refractivity contribution < 1.29 is 13.6 Å². The van der Waals surface area contributed by atoms with Crippen molar-refractivity contribution >= 4 is 28.8 Å². The van der Waals surface area contributed by atoms with E-state index in [4.69, 9.17) is 13.6 Å². The molecule has 0 fully saturated rings. The van der Waals surface area contributed by atoms with Crippen LogP contribution in [0.1, 0.15) is 33.7 Å². The molecule has 2 heterocycles. The van der Waals surface area contributed by atoms with Gasteiger partial charge in [0.15, 0.2) is 6.61 Å². The molecule has 0 aliphatic heterocycles. The molecule has 0 saturated carbocycles. The molecule has 0 N–H and O–H groups in total. The Kier molecular flexibility index (Phi) is 7.51. The van der Waals surface area contributed by atoms with Gasteiger partial charge in [-0.3, -0.25) is 0 Å². The van der Waals surface area contributed by atoms with E-state index in [0.717, 1.165) is 27.6 Å². The molecular formula is C30H26N2O4S. The molecule has 6 nitrogen and oxygen atoms in total. The number of aromatic nitrogens is 2. The molecule has 5 aromatic rings. The lowest BCUT2D eigenvalue weighted by atomic mass is 9.98. The van der Waals surface area contributed by atoms with Gasteiger partial charge in [-0.2, -0.15) is 0 Å². The number of rotatable bonds is 9. The molecule has 0 aliphatic carbocycles. The molecule has 7 heteroatoms. The first-order valence-electron chi connectivity index (χ1n) is 12.0. The maximum Gasteiger partial charge on any atom is 0.340 e. The minimum atomic E-state index is -0.325. The van der Waals surface area contributed by atoms with Crippen molar-refractivity contribution in [2.45, 2.75) is 32.1 Å². The number of hydrogen-bond donors (Lipinski definition) is 0. The Balaban J connectivity index is 1.25. The van der Waals surface area contributed by atoms with Crippen LogP contribution in [0.5, 0.6) is 5.75 Å². The van der Waals surface area contributed by atoms with Crippen LogP contribution in [0.3, 0.4) is 0 Å². The smallest absolute Gasteiger partial charge is 0.340 e. The summed E-state index contributed by atoms with van der Waals surface area (Å²) in [6.45, 7) is 3.96. The lowest BCUT2D eigenvalue weighted by molar-refractivity contribution is 0.251. The molecule has 3 aromatic carbocycles. The van der Waals surface area contributed by atoms with Gasteiger partial charge in [0.1, 0.15) is 11.3 Å². The van der Waals surface area contributed by atoms with Crippen molar-refractivity contribution in [1.82, 2.24) is 10.2 Å². The molecule has 186 valence electrons. The molecule has 5 rings (SSSR count). The molecule has 0 radical (unpaired) electrons. The zero-order valence-corrected chi connectivity index (χ0v) is 21.5. The third kappa shape index (κ3) is 5.84. The summed E-state index contributed by atoms with van der Waals surface area (Å²) in [6, 6.07) is 23.8. The third-order valence-electron chi connectivity index (χ3n) is 6.09. The number of hydrogen-bond acceptors (Lipinski definition) is 7. The number of aryl methyl sites for hydroxylation is 2. The second-order valence-electron chi connectivity index (χ2n) is 8.60. The van der Waals surface area contributed by atoms with Gasteiger partial charge >= 0.3 is 5.63 Å². The van der Waals surface area contributed by atoms with Crippen LogP contribution in [0.2, 0.25) is 0 Å². The molecule has 0 amide bonds. The minimum absolute atomic E-state index is 0.120. The lowest BCUT2D eigenvalue weighted by Crippen LogP contribution is -2.11. The first kappa shape index (κ1) is 24.6. The van der Waals surface area contributed by atoms with Gasteiger partial charge in [-0.05, 0) is 42.7 Å². The van der Waals surface area contributed by atoms with Crippen LogP contribution in [0, 0.1) is 13.8 Å². The molecule has 0 unspecified atom stereocenters. The lowest BCUT2D eigenvalue weighted by Gasteiger charge is -2.12. The Morgan fingerprint density at radius 3 is 2.43 bits per heavy atom. The predicted octanol–water partition coefficient (Wildman–Crippen LogP) is 6.77. The van der Waals surface area contributed by atoms with Gasteiger partial charge in [0.25, 0.3) is 11.1 Å². The Labute approximate surface area is 219 Å². The predicted molar refractivity (Wildman–Crippen MR) is 146 cm³/mol. The number of benzene rings is 3. The summed E-state index contributed by atoms with van der Waals surface area (Å²) in [5, 5.41) is 9.55. The van der Waals surface area contributed by atoms with E-state index in [0.29, 0.717) is 40.2 Å². The number of thioether (sulfide) groups is 1. The monoisotopic (exact) mass is 510 g/mol. The van der Waals surface area contributed by atoms with E-state index in [2.05, 4.69) is 22.3 Å². The van der Waals surface area contributed by atoms with E-state index in [1.54, 1.807) is 0 Å². The van der Waals surface area contributed by atoms with Crippen LogP contribution in [0.4, 0.5) is 0 Å². The van der Waals surface area contributed by atoms with Gasteiger partial charge in [0, 0.05) is 28.7 Å². The van der Waals surface area contributed by atoms with E-state index >= 15 is 0 Å². The van der Waals surface area contributed by atoms with Crippen LogP contribution in [-0.2, 0) is 13.0 Å². The highest BCUT2D eigenvalue weighted by atomic mass is 32.2. The second kappa shape index (κ2) is 11.3. The quantitative estimate of drug-likeness (QED) is 0.160. The molecule has 0 aliphatic rings. The van der Waals surface area contributed by atoms with Crippen molar-refractivity contribution in [3.05, 3.63) is 123 Å². The van der Waals surface area contributed by atoms with Crippen molar-refractivity contribution in [3.8, 4) is 5.75 Å². The van der Waals surface area contributed by atoms with E-state index in [1.807, 2.05) is 86.6 Å². The highest BCUT2D eigenvalue weighted by Crippen LogP contribution is 2.30. The molecule has 0 atom stereocenters. The molecule has 37 heavy (non-hydrogen) atoms. The van der Waals surface area contributed by atoms with E-state index < -0.39 is 0 Å². The van der Waals surface area contributed by atoms with Crippen molar-refractivity contribution in [2.75, 3.05) is 5.75 Å². The fourth-order valence-electron chi connectivity index (χ4n) is 4.09. The third-order valence-corrected chi connectivity index (χ3v) is 6.86. The highest BCUT2D eigenvalue weighted by Gasteiger charge is 2.16. The van der Waals surface area contributed by atoms with Gasteiger partial charge in [-0.15, -0.1) is 10.2 Å². The second-order valence-corrected chi connectivity index (χ2v) is 9.57. The average molecular weight is 511 g/mol. The summed E-state index contributed by atoms with van der Waals surface area (Å²) in [5.41, 5.74) is 4.76. The van der Waals surface area contributed by atoms with Crippen LogP contribution >= 0.6 is 11.8 Å². The maximum absolute atomic E-state index is 12.8. The molecule has 0 spiro atoms. The zero-order chi connectivity index (χ0) is 25.6. The van der Waals surface area contributed by atoms with Gasteiger partial charge in [0.2, 0.25) is 0 Å². The van der Waals surface area contributed by atoms with Gasteiger partial charge < -0.3 is 13.6 Å². The minimum Gasteiger partial charge on any atom is -0.483 e. The van der Waals surface area contributed by atoms with Crippen molar-refractivity contribution in [2.24, 2.45) is 0 Å². The van der Waals surface area contributed by atoms with Crippen molar-refractivity contribution in [3.63, 3.8) is 0 Å². The largest absolute Gasteiger partial charge is 0.483 e. The summed E-state index contributed by atoms with van der Waals surface area (Å²) in [4.78, 5) is 12.8. The Bertz CT molecular complexity index is 1590. The van der Waals surface area contributed by atoms with Crippen LogP contribution in [-0.4, -0.2) is 16.0 Å². The van der Waals surface area contributed by atoms with Crippen LogP contribution < -0.4 is 10.4 Å². The molecule has 0 bridgehead atoms. The number of nitrogens with zero attached hydrogens (tertiary/aromatic N) is 2.